The van der Waals surface area contributed by atoms with Crippen molar-refractivity contribution >= 4 is 11.7 Å². The van der Waals surface area contributed by atoms with E-state index in [1.807, 2.05) is 0 Å². The van der Waals surface area contributed by atoms with Crippen molar-refractivity contribution in [2.75, 3.05) is 0 Å². The number of halogens is 6. The maximum atomic E-state index is 12.5. The summed E-state index contributed by atoms with van der Waals surface area (Å²) in [5.74, 6) is -1.97. The van der Waals surface area contributed by atoms with Crippen molar-refractivity contribution in [2.45, 2.75) is 12.4 Å². The van der Waals surface area contributed by atoms with E-state index < -0.39 is 40.7 Å². The van der Waals surface area contributed by atoms with E-state index in [1.165, 1.54) is 0 Å². The highest BCUT2D eigenvalue weighted by Crippen LogP contribution is 2.36. The van der Waals surface area contributed by atoms with Crippen molar-refractivity contribution in [1.29, 1.82) is 0 Å². The number of nitrogens with zero attached hydrogens (tertiary/aromatic N) is 2. The molecule has 4 nitrogen and oxygen atoms in total. The largest absolute Gasteiger partial charge is 0.472 e. The highest BCUT2D eigenvalue weighted by atomic mass is 19.4. The highest BCUT2D eigenvalue weighted by Gasteiger charge is 2.38. The second-order valence-corrected chi connectivity index (χ2v) is 3.55. The van der Waals surface area contributed by atoms with E-state index in [1.54, 1.807) is 0 Å². The summed E-state index contributed by atoms with van der Waals surface area (Å²) in [5.41, 5.74) is 2.63. The van der Waals surface area contributed by atoms with Crippen LogP contribution in [0, 0.1) is 0 Å². The lowest BCUT2D eigenvalue weighted by atomic mass is 10.0. The van der Waals surface area contributed by atoms with Gasteiger partial charge in [0.25, 0.3) is 0 Å². The molecule has 1 aromatic carbocycles. The Bertz CT molecular complexity index is 566. The zero-order chi connectivity index (χ0) is 15.7. The van der Waals surface area contributed by atoms with Crippen molar-refractivity contribution in [3.63, 3.8) is 0 Å². The van der Waals surface area contributed by atoms with Crippen LogP contribution in [0.4, 0.5) is 26.3 Å². The van der Waals surface area contributed by atoms with E-state index >= 15 is 0 Å². The van der Waals surface area contributed by atoms with Gasteiger partial charge in [-0.1, -0.05) is 0 Å². The number of carboxylic acid groups (broad SMARTS) is 1. The molecule has 1 aromatic rings. The standard InChI is InChI=1S/C10H4F6N2O2/c11-9(12,13)5-1-4(7(18-17)8(19)20)2-6(3-5)10(14,15)16/h1-3H,(H,19,20). The first-order valence-corrected chi connectivity index (χ1v) is 4.72. The molecule has 0 aromatic heterocycles. The fourth-order valence-corrected chi connectivity index (χ4v) is 1.32. The molecule has 0 aliphatic carbocycles. The average molecular weight is 298 g/mol. The van der Waals surface area contributed by atoms with Gasteiger partial charge in [0.05, 0.1) is 16.7 Å². The molecule has 0 radical (unpaired) electrons. The van der Waals surface area contributed by atoms with Gasteiger partial charge in [-0.25, -0.2) is 4.79 Å². The number of hydrogen-bond acceptors (Lipinski definition) is 1. The number of benzene rings is 1. The third-order valence-corrected chi connectivity index (χ3v) is 2.16. The molecule has 0 saturated heterocycles. The number of hydrogen-bond donors (Lipinski definition) is 1. The van der Waals surface area contributed by atoms with Gasteiger partial charge in [-0.2, -0.15) is 31.1 Å². The second-order valence-electron chi connectivity index (χ2n) is 3.55. The molecule has 0 amide bonds. The number of rotatable bonds is 2. The Morgan fingerprint density at radius 1 is 1.00 bits per heavy atom. The summed E-state index contributed by atoms with van der Waals surface area (Å²) in [6, 6.07) is 0.136. The Hall–Kier alpha value is -2.35. The van der Waals surface area contributed by atoms with Crippen molar-refractivity contribution in [3.05, 3.63) is 40.4 Å². The molecule has 0 fully saturated rings. The van der Waals surface area contributed by atoms with Crippen LogP contribution in [-0.4, -0.2) is 21.6 Å². The van der Waals surface area contributed by atoms with Crippen LogP contribution in [0.5, 0.6) is 0 Å². The average Bonchev–Trinajstić information content (AvgIpc) is 2.26. The first-order chi connectivity index (χ1) is 8.96. The van der Waals surface area contributed by atoms with Gasteiger partial charge < -0.3 is 10.6 Å². The molecule has 1 rings (SSSR count). The summed E-state index contributed by atoms with van der Waals surface area (Å²) in [4.78, 5) is 12.8. The smallest absolute Gasteiger partial charge is 0.419 e. The molecule has 0 saturated carbocycles. The maximum Gasteiger partial charge on any atom is 0.419 e. The van der Waals surface area contributed by atoms with Gasteiger partial charge in [0.2, 0.25) is 0 Å². The van der Waals surface area contributed by atoms with Gasteiger partial charge in [-0.05, 0) is 18.2 Å². The van der Waals surface area contributed by atoms with E-state index in [0.29, 0.717) is 0 Å². The minimum absolute atomic E-state index is 0.151. The molecule has 0 bridgehead atoms. The maximum absolute atomic E-state index is 12.5. The van der Waals surface area contributed by atoms with Crippen molar-refractivity contribution < 1.29 is 41.0 Å². The van der Waals surface area contributed by atoms with Crippen molar-refractivity contribution in [2.24, 2.45) is 0 Å². The Balaban J connectivity index is 3.62. The van der Waals surface area contributed by atoms with Crippen LogP contribution in [0.1, 0.15) is 16.7 Å². The Labute approximate surface area is 106 Å². The lowest BCUT2D eigenvalue weighted by molar-refractivity contribution is -0.143. The van der Waals surface area contributed by atoms with Crippen LogP contribution in [0.3, 0.4) is 0 Å². The summed E-state index contributed by atoms with van der Waals surface area (Å²) in [7, 11) is 0. The Morgan fingerprint density at radius 3 is 1.65 bits per heavy atom. The molecule has 1 N–H and O–H groups in total. The summed E-state index contributed by atoms with van der Waals surface area (Å²) in [6.07, 6.45) is -10.2. The van der Waals surface area contributed by atoms with Gasteiger partial charge in [0.15, 0.2) is 0 Å². The van der Waals surface area contributed by atoms with Crippen molar-refractivity contribution in [3.8, 4) is 0 Å². The number of aliphatic carboxylic acids is 1. The van der Waals surface area contributed by atoms with Gasteiger partial charge >= 0.3 is 24.0 Å². The lowest BCUT2D eigenvalue weighted by Gasteiger charge is -2.12. The molecule has 0 atom stereocenters. The predicted octanol–water partition coefficient (Wildman–Crippen LogP) is 2.83. The molecule has 108 valence electrons. The van der Waals surface area contributed by atoms with Crippen LogP contribution in [-0.2, 0) is 17.1 Å². The molecular weight excluding hydrogens is 294 g/mol. The SMILES string of the molecule is [N-]=[N+]=C(C(=O)O)c1cc(C(F)(F)F)cc(C(F)(F)F)c1. The minimum Gasteiger partial charge on any atom is -0.472 e. The summed E-state index contributed by atoms with van der Waals surface area (Å²) in [5, 5.41) is 8.56. The molecule has 10 heteroatoms. The number of alkyl halides is 6. The Morgan fingerprint density at radius 2 is 1.40 bits per heavy atom. The summed E-state index contributed by atoms with van der Waals surface area (Å²) in [6.45, 7) is 0. The fourth-order valence-electron chi connectivity index (χ4n) is 1.32. The summed E-state index contributed by atoms with van der Waals surface area (Å²) >= 11 is 0. The van der Waals surface area contributed by atoms with Crippen LogP contribution in [0.25, 0.3) is 5.53 Å². The zero-order valence-electron chi connectivity index (χ0n) is 9.25. The number of carboxylic acids is 1. The van der Waals surface area contributed by atoms with Gasteiger partial charge in [-0.15, -0.1) is 0 Å². The van der Waals surface area contributed by atoms with E-state index in [4.69, 9.17) is 10.6 Å². The van der Waals surface area contributed by atoms with Crippen molar-refractivity contribution in [1.82, 2.24) is 0 Å². The molecule has 0 aliphatic rings. The second kappa shape index (κ2) is 4.97. The van der Waals surface area contributed by atoms with E-state index in [-0.39, 0.29) is 18.2 Å². The van der Waals surface area contributed by atoms with Crippen LogP contribution in [0.2, 0.25) is 0 Å². The topological polar surface area (TPSA) is 73.7 Å². The van der Waals surface area contributed by atoms with Gasteiger partial charge in [0, 0.05) is 0 Å². The van der Waals surface area contributed by atoms with E-state index in [9.17, 15) is 31.1 Å². The normalized spacial score (nSPS) is 11.9. The first-order valence-electron chi connectivity index (χ1n) is 4.72. The molecule has 20 heavy (non-hydrogen) atoms. The van der Waals surface area contributed by atoms with Crippen LogP contribution >= 0.6 is 0 Å². The molecule has 0 spiro atoms. The third kappa shape index (κ3) is 3.35. The quantitative estimate of drug-likeness (QED) is 0.394. The summed E-state index contributed by atoms with van der Waals surface area (Å²) < 4.78 is 74.9. The molecule has 0 aliphatic heterocycles. The molecular formula is C10H4F6N2O2. The van der Waals surface area contributed by atoms with Crippen LogP contribution in [0.15, 0.2) is 18.2 Å². The van der Waals surface area contributed by atoms with Crippen LogP contribution < -0.4 is 0 Å². The van der Waals surface area contributed by atoms with Gasteiger partial charge in [0.1, 0.15) is 0 Å². The Kier molecular flexibility index (Phi) is 3.90. The van der Waals surface area contributed by atoms with Gasteiger partial charge in [-0.3, -0.25) is 0 Å². The fraction of sp³-hybridized carbons (Fsp3) is 0.200. The predicted molar refractivity (Wildman–Crippen MR) is 51.8 cm³/mol. The molecule has 0 unspecified atom stereocenters. The molecule has 0 heterocycles. The zero-order valence-corrected chi connectivity index (χ0v) is 9.25. The van der Waals surface area contributed by atoms with E-state index in [0.717, 1.165) is 0 Å². The highest BCUT2D eigenvalue weighted by molar-refractivity contribution is 6.40. The first kappa shape index (κ1) is 15.7. The van der Waals surface area contributed by atoms with E-state index in [2.05, 4.69) is 4.79 Å². The number of carbonyl (C=O) groups is 1. The monoisotopic (exact) mass is 298 g/mol. The lowest BCUT2D eigenvalue weighted by Crippen LogP contribution is -2.19. The minimum atomic E-state index is -5.12. The third-order valence-electron chi connectivity index (χ3n) is 2.16.